The van der Waals surface area contributed by atoms with Crippen LogP contribution in [0.1, 0.15) is 15.9 Å². The van der Waals surface area contributed by atoms with E-state index in [9.17, 15) is 9.59 Å². The lowest BCUT2D eigenvalue weighted by Crippen LogP contribution is -2.11. The summed E-state index contributed by atoms with van der Waals surface area (Å²) in [6.45, 7) is 1.90. The van der Waals surface area contributed by atoms with Crippen LogP contribution in [0.25, 0.3) is 11.1 Å². The number of hydrogen-bond donors (Lipinski definition) is 1. The molecule has 0 aliphatic carbocycles. The van der Waals surface area contributed by atoms with Crippen LogP contribution in [0, 0.1) is 6.92 Å². The molecule has 1 N–H and O–H groups in total. The Morgan fingerprint density at radius 3 is 2.37 bits per heavy atom. The minimum atomic E-state index is -1.61. The summed E-state index contributed by atoms with van der Waals surface area (Å²) in [4.78, 5) is 22.2. The van der Waals surface area contributed by atoms with E-state index in [2.05, 4.69) is 4.74 Å². The van der Waals surface area contributed by atoms with Gasteiger partial charge < -0.3 is 9.84 Å². The van der Waals surface area contributed by atoms with E-state index < -0.39 is 12.1 Å². The Labute approximate surface area is 110 Å². The average Bonchev–Trinajstić information content (AvgIpc) is 2.38. The van der Waals surface area contributed by atoms with Crippen LogP contribution in [0.4, 0.5) is 4.79 Å². The largest absolute Gasteiger partial charge is 0.513 e. The number of carbonyl (C=O) groups is 2. The molecule has 0 unspecified atom stereocenters. The first-order chi connectivity index (χ1) is 9.08. The van der Waals surface area contributed by atoms with E-state index in [4.69, 9.17) is 5.11 Å². The minimum absolute atomic E-state index is 0.235. The van der Waals surface area contributed by atoms with Crippen molar-refractivity contribution in [2.45, 2.75) is 6.92 Å². The lowest BCUT2D eigenvalue weighted by molar-refractivity contribution is 0.0510. The van der Waals surface area contributed by atoms with E-state index in [0.717, 1.165) is 11.1 Å². The molecule has 2 aromatic carbocycles. The van der Waals surface area contributed by atoms with Gasteiger partial charge in [-0.1, -0.05) is 48.0 Å². The molecule has 0 heterocycles. The SMILES string of the molecule is Cc1ccc(C(=O)OC(=O)O)c(-c2ccccc2)c1. The Kier molecular flexibility index (Phi) is 3.61. The zero-order valence-electron chi connectivity index (χ0n) is 10.3. The fourth-order valence-electron chi connectivity index (χ4n) is 1.83. The Balaban J connectivity index is 2.50. The van der Waals surface area contributed by atoms with E-state index >= 15 is 0 Å². The highest BCUT2D eigenvalue weighted by Crippen LogP contribution is 2.25. The topological polar surface area (TPSA) is 63.6 Å². The molecule has 4 heteroatoms. The molecule has 0 amide bonds. The number of carboxylic acid groups (broad SMARTS) is 1. The molecular weight excluding hydrogens is 244 g/mol. The van der Waals surface area contributed by atoms with Gasteiger partial charge in [-0.25, -0.2) is 9.59 Å². The summed E-state index contributed by atoms with van der Waals surface area (Å²) < 4.78 is 4.22. The second-order valence-corrected chi connectivity index (χ2v) is 4.07. The number of benzene rings is 2. The monoisotopic (exact) mass is 256 g/mol. The van der Waals surface area contributed by atoms with Gasteiger partial charge in [-0.2, -0.15) is 0 Å². The van der Waals surface area contributed by atoms with Gasteiger partial charge >= 0.3 is 12.1 Å². The molecule has 0 aromatic heterocycles. The number of aryl methyl sites for hydroxylation is 1. The summed E-state index contributed by atoms with van der Waals surface area (Å²) in [6.07, 6.45) is -1.61. The predicted molar refractivity (Wildman–Crippen MR) is 70.1 cm³/mol. The molecule has 0 bridgehead atoms. The van der Waals surface area contributed by atoms with Crippen molar-refractivity contribution in [3.8, 4) is 11.1 Å². The maximum atomic E-state index is 11.8. The van der Waals surface area contributed by atoms with Gasteiger partial charge in [0.1, 0.15) is 0 Å². The average molecular weight is 256 g/mol. The standard InChI is InChI=1S/C15H12O4/c1-10-7-8-12(14(16)19-15(17)18)13(9-10)11-5-3-2-4-6-11/h2-9H,1H3,(H,17,18). The van der Waals surface area contributed by atoms with Crippen LogP contribution in [0.2, 0.25) is 0 Å². The molecule has 19 heavy (non-hydrogen) atoms. The third-order valence-corrected chi connectivity index (χ3v) is 2.66. The second-order valence-electron chi connectivity index (χ2n) is 4.07. The van der Waals surface area contributed by atoms with Gasteiger partial charge in [0.2, 0.25) is 0 Å². The Hall–Kier alpha value is -2.62. The third kappa shape index (κ3) is 2.98. The van der Waals surface area contributed by atoms with Crippen LogP contribution in [0.5, 0.6) is 0 Å². The fraction of sp³-hybridized carbons (Fsp3) is 0.0667. The third-order valence-electron chi connectivity index (χ3n) is 2.66. The van der Waals surface area contributed by atoms with Gasteiger partial charge in [-0.3, -0.25) is 0 Å². The molecular formula is C15H12O4. The Bertz CT molecular complexity index is 617. The van der Waals surface area contributed by atoms with E-state index in [0.29, 0.717) is 5.56 Å². The van der Waals surface area contributed by atoms with E-state index in [1.165, 1.54) is 0 Å². The number of esters is 1. The maximum absolute atomic E-state index is 11.8. The summed E-state index contributed by atoms with van der Waals surface area (Å²) in [5, 5.41) is 8.52. The first-order valence-corrected chi connectivity index (χ1v) is 5.69. The summed E-state index contributed by atoms with van der Waals surface area (Å²) in [7, 11) is 0. The molecule has 0 radical (unpaired) electrons. The lowest BCUT2D eigenvalue weighted by atomic mass is 9.98. The molecule has 0 fully saturated rings. The van der Waals surface area contributed by atoms with Crippen molar-refractivity contribution in [1.82, 2.24) is 0 Å². The summed E-state index contributed by atoms with van der Waals surface area (Å²) >= 11 is 0. The normalized spacial score (nSPS) is 9.95. The van der Waals surface area contributed by atoms with Crippen molar-refractivity contribution in [2.24, 2.45) is 0 Å². The molecule has 0 aliphatic heterocycles. The highest BCUT2D eigenvalue weighted by molar-refractivity contribution is 6.01. The van der Waals surface area contributed by atoms with Crippen LogP contribution < -0.4 is 0 Å². The van der Waals surface area contributed by atoms with E-state index in [-0.39, 0.29) is 5.56 Å². The van der Waals surface area contributed by atoms with Crippen molar-refractivity contribution < 1.29 is 19.4 Å². The van der Waals surface area contributed by atoms with Crippen molar-refractivity contribution >= 4 is 12.1 Å². The maximum Gasteiger partial charge on any atom is 0.513 e. The van der Waals surface area contributed by atoms with Crippen LogP contribution in [-0.4, -0.2) is 17.2 Å². The molecule has 2 rings (SSSR count). The van der Waals surface area contributed by atoms with Crippen LogP contribution in [0.15, 0.2) is 48.5 Å². The van der Waals surface area contributed by atoms with Crippen LogP contribution >= 0.6 is 0 Å². The van der Waals surface area contributed by atoms with Crippen molar-refractivity contribution in [1.29, 1.82) is 0 Å². The second kappa shape index (κ2) is 5.35. The quantitative estimate of drug-likeness (QED) is 0.659. The minimum Gasteiger partial charge on any atom is -0.449 e. The number of hydrogen-bond acceptors (Lipinski definition) is 3. The van der Waals surface area contributed by atoms with E-state index in [1.54, 1.807) is 12.1 Å². The van der Waals surface area contributed by atoms with Gasteiger partial charge in [0.15, 0.2) is 0 Å². The summed E-state index contributed by atoms with van der Waals surface area (Å²) in [5.74, 6) is -0.869. The fourth-order valence-corrected chi connectivity index (χ4v) is 1.83. The van der Waals surface area contributed by atoms with Gasteiger partial charge in [0.05, 0.1) is 5.56 Å². The molecule has 0 saturated carbocycles. The van der Waals surface area contributed by atoms with Gasteiger partial charge in [-0.05, 0) is 24.1 Å². The first kappa shape index (κ1) is 12.8. The highest BCUT2D eigenvalue weighted by atomic mass is 16.7. The van der Waals surface area contributed by atoms with Crippen molar-refractivity contribution in [2.75, 3.05) is 0 Å². The Morgan fingerprint density at radius 2 is 1.74 bits per heavy atom. The van der Waals surface area contributed by atoms with Gasteiger partial charge in [0.25, 0.3) is 0 Å². The van der Waals surface area contributed by atoms with Crippen LogP contribution in [-0.2, 0) is 4.74 Å². The Morgan fingerprint density at radius 1 is 1.05 bits per heavy atom. The molecule has 4 nitrogen and oxygen atoms in total. The highest BCUT2D eigenvalue weighted by Gasteiger charge is 2.17. The van der Waals surface area contributed by atoms with Crippen LogP contribution in [0.3, 0.4) is 0 Å². The van der Waals surface area contributed by atoms with Gasteiger partial charge in [-0.15, -0.1) is 0 Å². The van der Waals surface area contributed by atoms with Gasteiger partial charge in [0, 0.05) is 0 Å². The summed E-state index contributed by atoms with van der Waals surface area (Å²) in [5.41, 5.74) is 2.71. The molecule has 2 aromatic rings. The zero-order chi connectivity index (χ0) is 13.8. The summed E-state index contributed by atoms with van der Waals surface area (Å²) in [6, 6.07) is 14.4. The number of rotatable bonds is 2. The number of ether oxygens (including phenoxy) is 1. The molecule has 0 aliphatic rings. The lowest BCUT2D eigenvalue weighted by Gasteiger charge is -2.09. The molecule has 0 spiro atoms. The molecule has 96 valence electrons. The zero-order valence-corrected chi connectivity index (χ0v) is 10.3. The molecule has 0 atom stereocenters. The number of carbonyl (C=O) groups excluding carboxylic acids is 1. The molecule has 0 saturated heterocycles. The van der Waals surface area contributed by atoms with E-state index in [1.807, 2.05) is 43.3 Å². The predicted octanol–water partition coefficient (Wildman–Crippen LogP) is 3.50. The first-order valence-electron chi connectivity index (χ1n) is 5.69. The van der Waals surface area contributed by atoms with Crippen molar-refractivity contribution in [3.05, 3.63) is 59.7 Å². The van der Waals surface area contributed by atoms with Crippen molar-refractivity contribution in [3.63, 3.8) is 0 Å². The smallest absolute Gasteiger partial charge is 0.449 e.